The fourth-order valence-corrected chi connectivity index (χ4v) is 8.52. The summed E-state index contributed by atoms with van der Waals surface area (Å²) in [5, 5.41) is 12.5. The van der Waals surface area contributed by atoms with E-state index in [1.165, 1.54) is 11.1 Å². The Kier molecular flexibility index (Phi) is 10.8. The van der Waals surface area contributed by atoms with Crippen molar-refractivity contribution in [3.05, 3.63) is 162 Å². The van der Waals surface area contributed by atoms with E-state index >= 15 is 0 Å². The van der Waals surface area contributed by atoms with Gasteiger partial charge < -0.3 is 5.11 Å². The molecule has 0 bridgehead atoms. The molecule has 0 saturated carbocycles. The highest BCUT2D eigenvalue weighted by Crippen LogP contribution is 2.46. The second-order valence-corrected chi connectivity index (χ2v) is 19.2. The molecule has 0 spiro atoms. The summed E-state index contributed by atoms with van der Waals surface area (Å²) in [6.45, 7) is 24.3. The van der Waals surface area contributed by atoms with Crippen molar-refractivity contribution < 1.29 is 5.11 Å². The minimum atomic E-state index is -0.321. The fourth-order valence-electron chi connectivity index (χ4n) is 8.52. The zero-order valence-electron chi connectivity index (χ0n) is 37.6. The van der Waals surface area contributed by atoms with E-state index in [1.807, 2.05) is 12.4 Å². The highest BCUT2D eigenvalue weighted by molar-refractivity contribution is 5.96. The van der Waals surface area contributed by atoms with Crippen LogP contribution in [0.25, 0.3) is 72.9 Å². The third-order valence-electron chi connectivity index (χ3n) is 12.0. The molecule has 61 heavy (non-hydrogen) atoms. The van der Waals surface area contributed by atoms with Crippen LogP contribution in [0.15, 0.2) is 134 Å². The molecule has 5 heteroatoms. The molecule has 3 heterocycles. The second kappa shape index (κ2) is 15.9. The summed E-state index contributed by atoms with van der Waals surface area (Å²) in [6.07, 6.45) is 3.89. The smallest absolute Gasteiger partial charge is 0.165 e. The lowest BCUT2D eigenvalue weighted by Crippen LogP contribution is -2.17. The number of fused-ring (bicyclic) bond motifs is 1. The van der Waals surface area contributed by atoms with E-state index in [0.717, 1.165) is 78.2 Å². The van der Waals surface area contributed by atoms with Gasteiger partial charge in [0.1, 0.15) is 11.3 Å². The summed E-state index contributed by atoms with van der Waals surface area (Å²) >= 11 is 0. The zero-order chi connectivity index (χ0) is 43.4. The molecule has 5 aromatic carbocycles. The van der Waals surface area contributed by atoms with Crippen LogP contribution in [0.3, 0.4) is 0 Å². The summed E-state index contributed by atoms with van der Waals surface area (Å²) in [5.74, 6) is 1.36. The number of pyridine rings is 2. The summed E-state index contributed by atoms with van der Waals surface area (Å²) in [5.41, 5.74) is 16.7. The molecule has 1 N–H and O–H groups in total. The Labute approximate surface area is 362 Å². The van der Waals surface area contributed by atoms with Gasteiger partial charge in [0.05, 0.1) is 16.9 Å². The van der Waals surface area contributed by atoms with E-state index in [2.05, 4.69) is 202 Å². The number of benzene rings is 5. The third-order valence-corrected chi connectivity index (χ3v) is 12.0. The van der Waals surface area contributed by atoms with Crippen molar-refractivity contribution in [2.75, 3.05) is 0 Å². The predicted octanol–water partition coefficient (Wildman–Crippen LogP) is 15.0. The number of aromatic nitrogens is 4. The molecule has 0 radical (unpaired) electrons. The lowest BCUT2D eigenvalue weighted by Gasteiger charge is -2.28. The van der Waals surface area contributed by atoms with Crippen LogP contribution in [-0.2, 0) is 10.8 Å². The average molecular weight is 803 g/mol. The van der Waals surface area contributed by atoms with E-state index in [-0.39, 0.29) is 28.4 Å². The van der Waals surface area contributed by atoms with Gasteiger partial charge in [-0.1, -0.05) is 154 Å². The van der Waals surface area contributed by atoms with Crippen LogP contribution >= 0.6 is 0 Å². The minimum Gasteiger partial charge on any atom is -0.507 e. The van der Waals surface area contributed by atoms with Crippen molar-refractivity contribution in [3.63, 3.8) is 0 Å². The number of imidazole rings is 1. The summed E-state index contributed by atoms with van der Waals surface area (Å²) in [4.78, 5) is 15.8. The number of rotatable bonds is 8. The van der Waals surface area contributed by atoms with E-state index in [1.54, 1.807) is 0 Å². The highest BCUT2D eigenvalue weighted by atomic mass is 16.3. The molecule has 308 valence electrons. The third kappa shape index (κ3) is 7.90. The molecule has 8 rings (SSSR count). The van der Waals surface area contributed by atoms with Crippen molar-refractivity contribution in [1.29, 1.82) is 0 Å². The van der Waals surface area contributed by atoms with Crippen LogP contribution in [0.4, 0.5) is 0 Å². The predicted molar refractivity (Wildman–Crippen MR) is 256 cm³/mol. The Morgan fingerprint density at radius 1 is 0.557 bits per heavy atom. The molecular weight excluding hydrogens is 745 g/mol. The maximum atomic E-state index is 12.5. The van der Waals surface area contributed by atoms with E-state index < -0.39 is 0 Å². The minimum absolute atomic E-state index is 0.180. The molecule has 0 unspecified atom stereocenters. The van der Waals surface area contributed by atoms with Gasteiger partial charge >= 0.3 is 0 Å². The molecule has 0 aliphatic rings. The second-order valence-electron chi connectivity index (χ2n) is 19.2. The number of hydrogen-bond donors (Lipinski definition) is 1. The molecule has 0 amide bonds. The van der Waals surface area contributed by atoms with Gasteiger partial charge in [-0.05, 0) is 116 Å². The molecule has 0 fully saturated rings. The van der Waals surface area contributed by atoms with Crippen LogP contribution in [0.5, 0.6) is 5.75 Å². The largest absolute Gasteiger partial charge is 0.507 e. The maximum absolute atomic E-state index is 12.5. The Balaban J connectivity index is 1.47. The number of aryl methyl sites for hydroxylation is 1. The zero-order valence-corrected chi connectivity index (χ0v) is 37.6. The maximum Gasteiger partial charge on any atom is 0.165 e. The molecule has 8 aromatic rings. The summed E-state index contributed by atoms with van der Waals surface area (Å²) in [6, 6.07) is 43.0. The van der Waals surface area contributed by atoms with Crippen molar-refractivity contribution in [1.82, 2.24) is 19.5 Å². The molecule has 5 nitrogen and oxygen atoms in total. The van der Waals surface area contributed by atoms with Gasteiger partial charge in [-0.3, -0.25) is 9.55 Å². The van der Waals surface area contributed by atoms with Gasteiger partial charge in [0.15, 0.2) is 11.5 Å². The van der Waals surface area contributed by atoms with Gasteiger partial charge in [-0.2, -0.15) is 0 Å². The SMILES string of the molecule is Cc1cnc(-c2cc(-c3ccccc3)cc(-c3ccnc4c3nc(-c3cc(C(C)(C)C)cc(C(C)(C)C)c3O)n4-c3c(C(C)C)cccc3C(C)C)c2)cc1-c1ccccc1. The van der Waals surface area contributed by atoms with Gasteiger partial charge in [0, 0.05) is 29.1 Å². The quantitative estimate of drug-likeness (QED) is 0.166. The van der Waals surface area contributed by atoms with Gasteiger partial charge in [-0.15, -0.1) is 0 Å². The first-order chi connectivity index (χ1) is 29.0. The van der Waals surface area contributed by atoms with Gasteiger partial charge in [-0.25, -0.2) is 9.97 Å². The molecule has 0 aliphatic carbocycles. The normalized spacial score (nSPS) is 12.2. The van der Waals surface area contributed by atoms with Crippen LogP contribution in [0, 0.1) is 6.92 Å². The van der Waals surface area contributed by atoms with Crippen molar-refractivity contribution >= 4 is 11.2 Å². The van der Waals surface area contributed by atoms with Gasteiger partial charge in [0.25, 0.3) is 0 Å². The molecule has 0 atom stereocenters. The monoisotopic (exact) mass is 802 g/mol. The first kappa shape index (κ1) is 41.4. The summed E-state index contributed by atoms with van der Waals surface area (Å²) < 4.78 is 2.24. The first-order valence-corrected chi connectivity index (χ1v) is 21.6. The number of phenolic OH excluding ortho intramolecular Hbond substituents is 1. The Morgan fingerprint density at radius 3 is 1.77 bits per heavy atom. The van der Waals surface area contributed by atoms with Crippen LogP contribution in [0.1, 0.15) is 109 Å². The topological polar surface area (TPSA) is 63.8 Å². The molecule has 3 aromatic heterocycles. The number of para-hydroxylation sites is 1. The van der Waals surface area contributed by atoms with Crippen molar-refractivity contribution in [2.45, 2.75) is 98.8 Å². The first-order valence-electron chi connectivity index (χ1n) is 21.6. The molecule has 0 aliphatic heterocycles. The standard InChI is InChI=1S/C56H58N4O/c1-34(2)43-23-18-24-44(35(3)4)51(43)60-53(47-30-42(55(6,7)8)31-48(52(47)61)56(9,10)11)59-50-45(25-26-57-54(50)60)40-27-39(37-19-14-12-15-20-37)28-41(29-40)49-32-46(36(5)33-58-49)38-21-16-13-17-22-38/h12-35,61H,1-11H3. The van der Waals surface area contributed by atoms with E-state index in [0.29, 0.717) is 11.4 Å². The summed E-state index contributed by atoms with van der Waals surface area (Å²) in [7, 11) is 0. The van der Waals surface area contributed by atoms with Crippen LogP contribution in [-0.4, -0.2) is 24.6 Å². The van der Waals surface area contributed by atoms with E-state index in [4.69, 9.17) is 15.0 Å². The fraction of sp³-hybridized carbons (Fsp3) is 0.268. The molecular formula is C56H58N4O. The number of aromatic hydroxyl groups is 1. The number of phenols is 1. The highest BCUT2D eigenvalue weighted by Gasteiger charge is 2.30. The van der Waals surface area contributed by atoms with E-state index in [9.17, 15) is 5.11 Å². The van der Waals surface area contributed by atoms with Crippen LogP contribution in [0.2, 0.25) is 0 Å². The van der Waals surface area contributed by atoms with Gasteiger partial charge in [0.2, 0.25) is 0 Å². The lowest BCUT2D eigenvalue weighted by atomic mass is 9.79. The number of nitrogens with zero attached hydrogens (tertiary/aromatic N) is 4. The van der Waals surface area contributed by atoms with Crippen LogP contribution < -0.4 is 0 Å². The average Bonchev–Trinajstić information content (AvgIpc) is 3.62. The Morgan fingerprint density at radius 2 is 1.16 bits per heavy atom. The Bertz CT molecular complexity index is 2860. The van der Waals surface area contributed by atoms with Crippen molar-refractivity contribution in [2.24, 2.45) is 0 Å². The van der Waals surface area contributed by atoms with Crippen molar-refractivity contribution in [3.8, 4) is 67.5 Å². The number of hydrogen-bond acceptors (Lipinski definition) is 4. The Hall–Kier alpha value is -6.33. The molecule has 0 saturated heterocycles. The lowest BCUT2D eigenvalue weighted by molar-refractivity contribution is 0.446.